The molecule has 0 aliphatic carbocycles. The molecule has 0 fully saturated rings. The highest BCUT2D eigenvalue weighted by Gasteiger charge is 1.98. The third-order valence-corrected chi connectivity index (χ3v) is 2.39. The van der Waals surface area contributed by atoms with E-state index < -0.39 is 6.09 Å². The summed E-state index contributed by atoms with van der Waals surface area (Å²) in [5.41, 5.74) is 3.02. The minimum Gasteiger partial charge on any atom is -0.457 e. The second-order valence-corrected chi connectivity index (χ2v) is 3.85. The lowest BCUT2D eigenvalue weighted by Gasteiger charge is -2.05. The van der Waals surface area contributed by atoms with E-state index >= 15 is 0 Å². The summed E-state index contributed by atoms with van der Waals surface area (Å²) >= 11 is 0. The van der Waals surface area contributed by atoms with E-state index in [1.165, 1.54) is 13.3 Å². The van der Waals surface area contributed by atoms with Crippen LogP contribution in [-0.2, 0) is 4.74 Å². The van der Waals surface area contributed by atoms with Crippen molar-refractivity contribution in [3.05, 3.63) is 60.2 Å². The number of carbonyl (C=O) groups excluding carboxylic acids is 1. The van der Waals surface area contributed by atoms with Crippen LogP contribution in [0.15, 0.2) is 59.7 Å². The van der Waals surface area contributed by atoms with Crippen LogP contribution in [0.5, 0.6) is 11.5 Å². The Balaban J connectivity index is 2.03. The third kappa shape index (κ3) is 4.13. The number of carbonyl (C=O) groups is 1. The van der Waals surface area contributed by atoms with Crippen LogP contribution < -0.4 is 10.2 Å². The average Bonchev–Trinajstić information content (AvgIpc) is 2.48. The Hall–Kier alpha value is -2.82. The first kappa shape index (κ1) is 13.6. The fraction of sp³-hybridized carbons (Fsp3) is 0.0667. The Morgan fingerprint density at radius 1 is 1.10 bits per heavy atom. The summed E-state index contributed by atoms with van der Waals surface area (Å²) < 4.78 is 10.1. The summed E-state index contributed by atoms with van der Waals surface area (Å²) in [5, 5.41) is 3.76. The van der Waals surface area contributed by atoms with Crippen molar-refractivity contribution in [3.63, 3.8) is 0 Å². The standard InChI is InChI=1S/C15H14N2O3/c1-19-15(18)17-16-11-12-6-5-9-14(10-12)20-13-7-3-2-4-8-13/h2-11H,1H3,(H,17,18)/b16-11+. The fourth-order valence-corrected chi connectivity index (χ4v) is 1.49. The second-order valence-electron chi connectivity index (χ2n) is 3.85. The molecule has 0 radical (unpaired) electrons. The highest BCUT2D eigenvalue weighted by Crippen LogP contribution is 2.21. The molecule has 102 valence electrons. The lowest BCUT2D eigenvalue weighted by molar-refractivity contribution is 0.171. The number of nitrogens with one attached hydrogen (secondary N) is 1. The molecule has 1 N–H and O–H groups in total. The SMILES string of the molecule is COC(=O)N/N=C/c1cccc(Oc2ccccc2)c1. The third-order valence-electron chi connectivity index (χ3n) is 2.39. The number of para-hydroxylation sites is 1. The van der Waals surface area contributed by atoms with E-state index in [0.717, 1.165) is 11.3 Å². The fourth-order valence-electron chi connectivity index (χ4n) is 1.49. The van der Waals surface area contributed by atoms with E-state index in [2.05, 4.69) is 15.3 Å². The molecule has 0 saturated carbocycles. The predicted octanol–water partition coefficient (Wildman–Crippen LogP) is 3.17. The van der Waals surface area contributed by atoms with E-state index in [1.54, 1.807) is 0 Å². The smallest absolute Gasteiger partial charge is 0.427 e. The Kier molecular flexibility index (Phi) is 4.72. The van der Waals surface area contributed by atoms with Gasteiger partial charge in [0.15, 0.2) is 0 Å². The molecule has 0 bridgehead atoms. The average molecular weight is 270 g/mol. The number of hydrazone groups is 1. The Labute approximate surface area is 116 Å². The zero-order valence-electron chi connectivity index (χ0n) is 10.9. The molecule has 2 aromatic rings. The van der Waals surface area contributed by atoms with Gasteiger partial charge in [-0.25, -0.2) is 10.2 Å². The molecule has 0 unspecified atom stereocenters. The van der Waals surface area contributed by atoms with Crippen LogP contribution in [0.4, 0.5) is 4.79 Å². The molecule has 0 aromatic heterocycles. The van der Waals surface area contributed by atoms with Gasteiger partial charge in [0.1, 0.15) is 11.5 Å². The normalized spacial score (nSPS) is 10.2. The minimum absolute atomic E-state index is 0.613. The maximum absolute atomic E-state index is 10.8. The summed E-state index contributed by atoms with van der Waals surface area (Å²) in [7, 11) is 1.28. The van der Waals surface area contributed by atoms with Crippen LogP contribution in [0, 0.1) is 0 Å². The van der Waals surface area contributed by atoms with Gasteiger partial charge in [0, 0.05) is 0 Å². The van der Waals surface area contributed by atoms with Crippen LogP contribution >= 0.6 is 0 Å². The first-order chi connectivity index (χ1) is 9.78. The Bertz CT molecular complexity index is 597. The topological polar surface area (TPSA) is 59.9 Å². The number of ether oxygens (including phenoxy) is 2. The van der Waals surface area contributed by atoms with Crippen molar-refractivity contribution in [3.8, 4) is 11.5 Å². The van der Waals surface area contributed by atoms with Gasteiger partial charge in [-0.2, -0.15) is 5.10 Å². The number of amides is 1. The molecule has 0 saturated heterocycles. The number of hydrogen-bond acceptors (Lipinski definition) is 4. The van der Waals surface area contributed by atoms with Gasteiger partial charge in [0.05, 0.1) is 13.3 Å². The maximum atomic E-state index is 10.8. The van der Waals surface area contributed by atoms with Crippen LogP contribution in [-0.4, -0.2) is 19.4 Å². The van der Waals surface area contributed by atoms with Crippen LogP contribution in [0.25, 0.3) is 0 Å². The molecular weight excluding hydrogens is 256 g/mol. The van der Waals surface area contributed by atoms with Gasteiger partial charge in [-0.3, -0.25) is 0 Å². The van der Waals surface area contributed by atoms with E-state index in [9.17, 15) is 4.79 Å². The van der Waals surface area contributed by atoms with Gasteiger partial charge < -0.3 is 9.47 Å². The number of benzene rings is 2. The molecule has 0 spiro atoms. The summed E-state index contributed by atoms with van der Waals surface area (Å²) in [5.74, 6) is 1.45. The van der Waals surface area contributed by atoms with Gasteiger partial charge >= 0.3 is 6.09 Å². The highest BCUT2D eigenvalue weighted by molar-refractivity contribution is 5.81. The van der Waals surface area contributed by atoms with Crippen molar-refractivity contribution in [2.45, 2.75) is 0 Å². The van der Waals surface area contributed by atoms with Gasteiger partial charge in [-0.15, -0.1) is 0 Å². The zero-order valence-corrected chi connectivity index (χ0v) is 10.9. The van der Waals surface area contributed by atoms with Crippen LogP contribution in [0.1, 0.15) is 5.56 Å². The molecule has 0 aliphatic rings. The molecule has 2 aromatic carbocycles. The van der Waals surface area contributed by atoms with Crippen molar-refractivity contribution in [2.24, 2.45) is 5.10 Å². The van der Waals surface area contributed by atoms with E-state index in [0.29, 0.717) is 5.75 Å². The number of hydrogen-bond donors (Lipinski definition) is 1. The molecule has 5 nitrogen and oxygen atoms in total. The lowest BCUT2D eigenvalue weighted by Crippen LogP contribution is -2.16. The second kappa shape index (κ2) is 6.94. The summed E-state index contributed by atoms with van der Waals surface area (Å²) in [6, 6.07) is 16.8. The van der Waals surface area contributed by atoms with Gasteiger partial charge in [0.25, 0.3) is 0 Å². The zero-order chi connectivity index (χ0) is 14.2. The van der Waals surface area contributed by atoms with E-state index in [4.69, 9.17) is 4.74 Å². The number of rotatable bonds is 4. The summed E-state index contributed by atoms with van der Waals surface area (Å²) in [6.07, 6.45) is 0.896. The Morgan fingerprint density at radius 2 is 1.85 bits per heavy atom. The van der Waals surface area contributed by atoms with Crippen LogP contribution in [0.2, 0.25) is 0 Å². The van der Waals surface area contributed by atoms with Crippen molar-refractivity contribution >= 4 is 12.3 Å². The largest absolute Gasteiger partial charge is 0.457 e. The maximum Gasteiger partial charge on any atom is 0.427 e. The van der Waals surface area contributed by atoms with Crippen molar-refractivity contribution in [1.29, 1.82) is 0 Å². The molecule has 0 atom stereocenters. The number of nitrogens with zero attached hydrogens (tertiary/aromatic N) is 1. The van der Waals surface area contributed by atoms with Crippen molar-refractivity contribution in [1.82, 2.24) is 5.43 Å². The van der Waals surface area contributed by atoms with Crippen LogP contribution in [0.3, 0.4) is 0 Å². The monoisotopic (exact) mass is 270 g/mol. The first-order valence-corrected chi connectivity index (χ1v) is 5.98. The van der Waals surface area contributed by atoms with E-state index in [1.807, 2.05) is 54.6 Å². The van der Waals surface area contributed by atoms with Gasteiger partial charge in [-0.05, 0) is 29.8 Å². The minimum atomic E-state index is -0.613. The molecule has 2 rings (SSSR count). The summed E-state index contributed by atoms with van der Waals surface area (Å²) in [4.78, 5) is 10.8. The predicted molar refractivity (Wildman–Crippen MR) is 76.1 cm³/mol. The van der Waals surface area contributed by atoms with E-state index in [-0.39, 0.29) is 0 Å². The lowest BCUT2D eigenvalue weighted by atomic mass is 10.2. The van der Waals surface area contributed by atoms with Gasteiger partial charge in [-0.1, -0.05) is 30.3 Å². The summed E-state index contributed by atoms with van der Waals surface area (Å²) in [6.45, 7) is 0. The molecule has 0 heterocycles. The Morgan fingerprint density at radius 3 is 2.60 bits per heavy atom. The molecular formula is C15H14N2O3. The molecule has 1 amide bonds. The molecule has 20 heavy (non-hydrogen) atoms. The highest BCUT2D eigenvalue weighted by atomic mass is 16.5. The quantitative estimate of drug-likeness (QED) is 0.685. The van der Waals surface area contributed by atoms with Crippen molar-refractivity contribution < 1.29 is 14.3 Å². The first-order valence-electron chi connectivity index (χ1n) is 5.98. The molecule has 0 aliphatic heterocycles. The molecule has 5 heteroatoms. The number of methoxy groups -OCH3 is 1. The van der Waals surface area contributed by atoms with Gasteiger partial charge in [0.2, 0.25) is 0 Å². The van der Waals surface area contributed by atoms with Crippen molar-refractivity contribution in [2.75, 3.05) is 7.11 Å².